The third kappa shape index (κ3) is 3.69. The standard InChI is InChI=1S/C23H19ClN2O4/c1-12-6-18-20(7-13(12)2)30-23(26-18)17-10-16(4-5-19(17)27)25-11-14-8-15(24)9-21(29-3)22(14)28/h4-11,27-28H,1-3H3. The molecule has 1 heterocycles. The summed E-state index contributed by atoms with van der Waals surface area (Å²) in [6.07, 6.45) is 1.47. The lowest BCUT2D eigenvalue weighted by Crippen LogP contribution is -1.89. The maximum Gasteiger partial charge on any atom is 0.231 e. The number of oxazole rings is 1. The Morgan fingerprint density at radius 3 is 2.60 bits per heavy atom. The number of ether oxygens (including phenoxy) is 1. The number of phenolic OH excluding ortho intramolecular Hbond substituents is 2. The lowest BCUT2D eigenvalue weighted by Gasteiger charge is -2.06. The predicted octanol–water partition coefficient (Wildman–Crippen LogP) is 5.94. The fraction of sp³-hybridized carbons (Fsp3) is 0.130. The minimum absolute atomic E-state index is 0.0289. The second kappa shape index (κ2) is 7.72. The van der Waals surface area contributed by atoms with E-state index in [1.165, 1.54) is 25.5 Å². The normalized spacial score (nSPS) is 11.5. The van der Waals surface area contributed by atoms with Gasteiger partial charge in [0.05, 0.1) is 18.4 Å². The second-order valence-electron chi connectivity index (χ2n) is 6.93. The summed E-state index contributed by atoms with van der Waals surface area (Å²) in [6.45, 7) is 4.01. The molecule has 0 aliphatic rings. The van der Waals surface area contributed by atoms with Crippen molar-refractivity contribution in [3.05, 3.63) is 64.2 Å². The van der Waals surface area contributed by atoms with Gasteiger partial charge in [-0.3, -0.25) is 4.99 Å². The highest BCUT2D eigenvalue weighted by atomic mass is 35.5. The van der Waals surface area contributed by atoms with Crippen LogP contribution in [0.4, 0.5) is 5.69 Å². The van der Waals surface area contributed by atoms with Gasteiger partial charge < -0.3 is 19.4 Å². The van der Waals surface area contributed by atoms with E-state index in [1.54, 1.807) is 18.2 Å². The van der Waals surface area contributed by atoms with Gasteiger partial charge in [0, 0.05) is 22.9 Å². The van der Waals surface area contributed by atoms with Crippen molar-refractivity contribution >= 4 is 34.6 Å². The molecule has 0 spiro atoms. The van der Waals surface area contributed by atoms with Crippen molar-refractivity contribution in [2.75, 3.05) is 7.11 Å². The van der Waals surface area contributed by atoms with Crippen LogP contribution in [0.5, 0.6) is 17.2 Å². The molecule has 7 heteroatoms. The second-order valence-corrected chi connectivity index (χ2v) is 7.37. The summed E-state index contributed by atoms with van der Waals surface area (Å²) < 4.78 is 11.0. The number of aromatic nitrogens is 1. The Morgan fingerprint density at radius 2 is 1.83 bits per heavy atom. The van der Waals surface area contributed by atoms with Gasteiger partial charge in [-0.05, 0) is 61.4 Å². The largest absolute Gasteiger partial charge is 0.507 e. The zero-order valence-electron chi connectivity index (χ0n) is 16.6. The first-order valence-electron chi connectivity index (χ1n) is 9.17. The Hall–Kier alpha value is -3.51. The first-order valence-corrected chi connectivity index (χ1v) is 9.55. The summed E-state index contributed by atoms with van der Waals surface area (Å²) in [6, 6.07) is 11.8. The van der Waals surface area contributed by atoms with E-state index in [9.17, 15) is 10.2 Å². The maximum absolute atomic E-state index is 10.3. The summed E-state index contributed by atoms with van der Waals surface area (Å²) in [4.78, 5) is 8.88. The molecule has 30 heavy (non-hydrogen) atoms. The first kappa shape index (κ1) is 19.8. The summed E-state index contributed by atoms with van der Waals surface area (Å²) in [5.41, 5.74) is 4.95. The fourth-order valence-electron chi connectivity index (χ4n) is 3.06. The number of benzene rings is 3. The van der Waals surface area contributed by atoms with Crippen molar-refractivity contribution in [3.63, 3.8) is 0 Å². The van der Waals surface area contributed by atoms with E-state index in [2.05, 4.69) is 9.98 Å². The van der Waals surface area contributed by atoms with Gasteiger partial charge in [-0.15, -0.1) is 0 Å². The van der Waals surface area contributed by atoms with Crippen LogP contribution in [-0.4, -0.2) is 28.5 Å². The summed E-state index contributed by atoms with van der Waals surface area (Å²) >= 11 is 6.06. The van der Waals surface area contributed by atoms with Gasteiger partial charge >= 0.3 is 0 Å². The molecule has 0 amide bonds. The molecule has 0 bridgehead atoms. The van der Waals surface area contributed by atoms with Crippen LogP contribution in [0.2, 0.25) is 5.02 Å². The lowest BCUT2D eigenvalue weighted by atomic mass is 10.1. The molecular weight excluding hydrogens is 404 g/mol. The van der Waals surface area contributed by atoms with Crippen LogP contribution >= 0.6 is 11.6 Å². The number of rotatable bonds is 4. The van der Waals surface area contributed by atoms with Crippen molar-refractivity contribution in [1.29, 1.82) is 0 Å². The third-order valence-corrected chi connectivity index (χ3v) is 5.07. The number of methoxy groups -OCH3 is 1. The van der Waals surface area contributed by atoms with E-state index >= 15 is 0 Å². The van der Waals surface area contributed by atoms with Crippen LogP contribution in [0.1, 0.15) is 16.7 Å². The molecule has 0 aliphatic heterocycles. The highest BCUT2D eigenvalue weighted by Gasteiger charge is 2.14. The third-order valence-electron chi connectivity index (χ3n) is 4.86. The Bertz CT molecular complexity index is 1260. The molecule has 0 saturated heterocycles. The Labute approximate surface area is 178 Å². The predicted molar refractivity (Wildman–Crippen MR) is 118 cm³/mol. The number of nitrogens with zero attached hydrogens (tertiary/aromatic N) is 2. The molecule has 4 rings (SSSR count). The van der Waals surface area contributed by atoms with E-state index < -0.39 is 0 Å². The van der Waals surface area contributed by atoms with Gasteiger partial charge in [0.15, 0.2) is 17.1 Å². The molecule has 2 N–H and O–H groups in total. The van der Waals surface area contributed by atoms with E-state index in [1.807, 2.05) is 26.0 Å². The van der Waals surface area contributed by atoms with Crippen LogP contribution in [-0.2, 0) is 0 Å². The number of hydrogen-bond donors (Lipinski definition) is 2. The molecular formula is C23H19ClN2O4. The van der Waals surface area contributed by atoms with Crippen LogP contribution in [0.3, 0.4) is 0 Å². The fourth-order valence-corrected chi connectivity index (χ4v) is 3.28. The molecule has 0 aliphatic carbocycles. The van der Waals surface area contributed by atoms with Crippen molar-refractivity contribution < 1.29 is 19.4 Å². The summed E-state index contributed by atoms with van der Waals surface area (Å²) in [5.74, 6) is 0.528. The summed E-state index contributed by atoms with van der Waals surface area (Å²) in [7, 11) is 1.45. The van der Waals surface area contributed by atoms with Crippen LogP contribution in [0.15, 0.2) is 51.9 Å². The van der Waals surface area contributed by atoms with Crippen LogP contribution in [0, 0.1) is 13.8 Å². The van der Waals surface area contributed by atoms with Crippen molar-refractivity contribution in [1.82, 2.24) is 4.98 Å². The van der Waals surface area contributed by atoms with Gasteiger partial charge in [-0.2, -0.15) is 0 Å². The van der Waals surface area contributed by atoms with Gasteiger partial charge in [0.2, 0.25) is 5.89 Å². The van der Waals surface area contributed by atoms with Crippen molar-refractivity contribution in [2.24, 2.45) is 4.99 Å². The Balaban J connectivity index is 1.73. The number of aromatic hydroxyl groups is 2. The highest BCUT2D eigenvalue weighted by molar-refractivity contribution is 6.31. The van der Waals surface area contributed by atoms with E-state index in [0.29, 0.717) is 33.3 Å². The molecule has 6 nitrogen and oxygen atoms in total. The average molecular weight is 423 g/mol. The van der Waals surface area contributed by atoms with Crippen LogP contribution in [0.25, 0.3) is 22.6 Å². The molecule has 1 aromatic heterocycles. The van der Waals surface area contributed by atoms with E-state index in [-0.39, 0.29) is 17.2 Å². The topological polar surface area (TPSA) is 88.1 Å². The number of phenols is 2. The molecule has 0 radical (unpaired) electrons. The number of hydrogen-bond acceptors (Lipinski definition) is 6. The minimum atomic E-state index is -0.0608. The number of aliphatic imine (C=N–C) groups is 1. The zero-order chi connectivity index (χ0) is 21.4. The quantitative estimate of drug-likeness (QED) is 0.397. The number of aryl methyl sites for hydroxylation is 2. The van der Waals surface area contributed by atoms with E-state index in [0.717, 1.165) is 16.6 Å². The average Bonchev–Trinajstić information content (AvgIpc) is 3.12. The van der Waals surface area contributed by atoms with Gasteiger partial charge in [0.25, 0.3) is 0 Å². The molecule has 4 aromatic rings. The SMILES string of the molecule is COc1cc(Cl)cc(C=Nc2ccc(O)c(-c3nc4cc(C)c(C)cc4o3)c2)c1O. The smallest absolute Gasteiger partial charge is 0.231 e. The maximum atomic E-state index is 10.3. The summed E-state index contributed by atoms with van der Waals surface area (Å²) in [5, 5.41) is 21.0. The molecule has 0 saturated carbocycles. The van der Waals surface area contributed by atoms with Gasteiger partial charge in [-0.1, -0.05) is 11.6 Å². The lowest BCUT2D eigenvalue weighted by molar-refractivity contribution is 0.373. The minimum Gasteiger partial charge on any atom is -0.507 e. The molecule has 0 atom stereocenters. The Morgan fingerprint density at radius 1 is 1.07 bits per heavy atom. The number of halogens is 1. The molecule has 0 fully saturated rings. The van der Waals surface area contributed by atoms with Crippen LogP contribution < -0.4 is 4.74 Å². The van der Waals surface area contributed by atoms with Crippen molar-refractivity contribution in [2.45, 2.75) is 13.8 Å². The van der Waals surface area contributed by atoms with Gasteiger partial charge in [0.1, 0.15) is 11.3 Å². The monoisotopic (exact) mass is 422 g/mol. The molecule has 152 valence electrons. The molecule has 0 unspecified atom stereocenters. The number of fused-ring (bicyclic) bond motifs is 1. The first-order chi connectivity index (χ1) is 14.4. The van der Waals surface area contributed by atoms with Crippen molar-refractivity contribution in [3.8, 4) is 28.7 Å². The van der Waals surface area contributed by atoms with Gasteiger partial charge in [-0.25, -0.2) is 4.98 Å². The van der Waals surface area contributed by atoms with E-state index in [4.69, 9.17) is 20.8 Å². The highest BCUT2D eigenvalue weighted by Crippen LogP contribution is 2.36. The molecule has 3 aromatic carbocycles. The zero-order valence-corrected chi connectivity index (χ0v) is 17.4. The Kier molecular flexibility index (Phi) is 5.10.